The Morgan fingerprint density at radius 2 is 2.18 bits per heavy atom. The summed E-state index contributed by atoms with van der Waals surface area (Å²) in [6.45, 7) is 3.63. The van der Waals surface area contributed by atoms with Gasteiger partial charge in [0.05, 0.1) is 11.4 Å². The van der Waals surface area contributed by atoms with Gasteiger partial charge in [0.15, 0.2) is 0 Å². The van der Waals surface area contributed by atoms with Crippen molar-refractivity contribution < 1.29 is 9.90 Å². The SMILES string of the molecule is CSCC(=O)NCC(C)(C)O. The topological polar surface area (TPSA) is 49.3 Å². The molecule has 0 spiro atoms. The molecular formula is C7H15NO2S. The van der Waals surface area contributed by atoms with Crippen LogP contribution >= 0.6 is 11.8 Å². The zero-order valence-corrected chi connectivity index (χ0v) is 7.99. The van der Waals surface area contributed by atoms with Crippen molar-refractivity contribution in [3.8, 4) is 0 Å². The van der Waals surface area contributed by atoms with Gasteiger partial charge in [-0.3, -0.25) is 4.79 Å². The van der Waals surface area contributed by atoms with Crippen molar-refractivity contribution in [1.82, 2.24) is 5.32 Å². The highest BCUT2D eigenvalue weighted by molar-refractivity contribution is 7.99. The van der Waals surface area contributed by atoms with Crippen LogP contribution in [0.1, 0.15) is 13.8 Å². The molecule has 0 radical (unpaired) electrons. The lowest BCUT2D eigenvalue weighted by molar-refractivity contribution is -0.119. The minimum absolute atomic E-state index is 0.0281. The van der Waals surface area contributed by atoms with Crippen molar-refractivity contribution in [2.45, 2.75) is 19.4 Å². The fourth-order valence-corrected chi connectivity index (χ4v) is 0.861. The van der Waals surface area contributed by atoms with Gasteiger partial charge in [0.1, 0.15) is 0 Å². The second kappa shape index (κ2) is 4.62. The molecule has 0 atom stereocenters. The molecule has 0 unspecified atom stereocenters. The number of hydrogen-bond acceptors (Lipinski definition) is 3. The molecule has 0 bridgehead atoms. The molecule has 0 aliphatic rings. The van der Waals surface area contributed by atoms with Gasteiger partial charge in [-0.2, -0.15) is 11.8 Å². The van der Waals surface area contributed by atoms with Gasteiger partial charge in [-0.05, 0) is 20.1 Å². The first-order valence-corrected chi connectivity index (χ1v) is 4.83. The third-order valence-corrected chi connectivity index (χ3v) is 1.54. The molecule has 2 N–H and O–H groups in total. The van der Waals surface area contributed by atoms with Gasteiger partial charge >= 0.3 is 0 Å². The minimum atomic E-state index is -0.811. The molecule has 0 aromatic rings. The summed E-state index contributed by atoms with van der Waals surface area (Å²) in [4.78, 5) is 10.8. The molecule has 0 fully saturated rings. The number of nitrogens with one attached hydrogen (secondary N) is 1. The molecule has 66 valence electrons. The number of thioether (sulfide) groups is 1. The van der Waals surface area contributed by atoms with Gasteiger partial charge in [-0.15, -0.1) is 0 Å². The molecule has 0 rings (SSSR count). The molecule has 0 aromatic heterocycles. The molecule has 1 amide bonds. The monoisotopic (exact) mass is 177 g/mol. The van der Waals surface area contributed by atoms with Crippen molar-refractivity contribution in [3.05, 3.63) is 0 Å². The van der Waals surface area contributed by atoms with Crippen molar-refractivity contribution in [1.29, 1.82) is 0 Å². The second-order valence-electron chi connectivity index (χ2n) is 3.02. The first-order valence-electron chi connectivity index (χ1n) is 3.44. The smallest absolute Gasteiger partial charge is 0.230 e. The Morgan fingerprint density at radius 3 is 2.55 bits per heavy atom. The third kappa shape index (κ3) is 7.68. The summed E-state index contributed by atoms with van der Waals surface area (Å²) in [7, 11) is 0. The van der Waals surface area contributed by atoms with Crippen LogP contribution in [-0.2, 0) is 4.79 Å². The summed E-state index contributed by atoms with van der Waals surface area (Å²) >= 11 is 1.47. The van der Waals surface area contributed by atoms with E-state index in [1.165, 1.54) is 11.8 Å². The maximum Gasteiger partial charge on any atom is 0.230 e. The van der Waals surface area contributed by atoms with E-state index in [0.29, 0.717) is 12.3 Å². The molecule has 4 heteroatoms. The molecule has 11 heavy (non-hydrogen) atoms. The maximum atomic E-state index is 10.8. The number of amides is 1. The average Bonchev–Trinajstić information content (AvgIpc) is 1.83. The Balaban J connectivity index is 3.46. The van der Waals surface area contributed by atoms with Gasteiger partial charge in [-0.25, -0.2) is 0 Å². The van der Waals surface area contributed by atoms with E-state index in [-0.39, 0.29) is 5.91 Å². The molecule has 0 heterocycles. The van der Waals surface area contributed by atoms with Crippen LogP contribution < -0.4 is 5.32 Å². The summed E-state index contributed by atoms with van der Waals surface area (Å²) in [5, 5.41) is 11.8. The van der Waals surface area contributed by atoms with Crippen LogP contribution in [0.3, 0.4) is 0 Å². The zero-order valence-electron chi connectivity index (χ0n) is 7.18. The number of carbonyl (C=O) groups excluding carboxylic acids is 1. The lowest BCUT2D eigenvalue weighted by atomic mass is 10.1. The molecule has 0 aromatic carbocycles. The van der Waals surface area contributed by atoms with E-state index in [1.807, 2.05) is 6.26 Å². The fourth-order valence-electron chi connectivity index (χ4n) is 0.497. The molecule has 0 aliphatic carbocycles. The second-order valence-corrected chi connectivity index (χ2v) is 3.89. The number of rotatable bonds is 4. The Labute approximate surface area is 71.6 Å². The summed E-state index contributed by atoms with van der Waals surface area (Å²) in [5.74, 6) is 0.426. The van der Waals surface area contributed by atoms with Crippen LogP contribution in [0.5, 0.6) is 0 Å². The Morgan fingerprint density at radius 1 is 1.64 bits per heavy atom. The number of aliphatic hydroxyl groups is 1. The van der Waals surface area contributed by atoms with E-state index >= 15 is 0 Å². The van der Waals surface area contributed by atoms with Gasteiger partial charge in [0.2, 0.25) is 5.91 Å². The Kier molecular flexibility index (Phi) is 4.52. The molecule has 3 nitrogen and oxygen atoms in total. The lowest BCUT2D eigenvalue weighted by Gasteiger charge is -2.17. The highest BCUT2D eigenvalue weighted by Gasteiger charge is 2.12. The van der Waals surface area contributed by atoms with E-state index in [9.17, 15) is 9.90 Å². The van der Waals surface area contributed by atoms with Crippen LogP contribution in [0, 0.1) is 0 Å². The van der Waals surface area contributed by atoms with Crippen molar-refractivity contribution in [3.63, 3.8) is 0 Å². The quantitative estimate of drug-likeness (QED) is 0.646. The molecule has 0 saturated heterocycles. The van der Waals surface area contributed by atoms with Crippen LogP contribution in [0.2, 0.25) is 0 Å². The van der Waals surface area contributed by atoms with E-state index in [4.69, 9.17) is 0 Å². The Bertz CT molecular complexity index is 131. The van der Waals surface area contributed by atoms with E-state index in [1.54, 1.807) is 13.8 Å². The van der Waals surface area contributed by atoms with E-state index < -0.39 is 5.60 Å². The standard InChI is InChI=1S/C7H15NO2S/c1-7(2,10)5-8-6(9)4-11-3/h10H,4-5H2,1-3H3,(H,8,9). The van der Waals surface area contributed by atoms with Crippen LogP contribution in [0.25, 0.3) is 0 Å². The van der Waals surface area contributed by atoms with Crippen LogP contribution in [-0.4, -0.2) is 35.2 Å². The first kappa shape index (κ1) is 10.8. The highest BCUT2D eigenvalue weighted by atomic mass is 32.2. The van der Waals surface area contributed by atoms with Crippen molar-refractivity contribution in [2.24, 2.45) is 0 Å². The predicted molar refractivity (Wildman–Crippen MR) is 47.7 cm³/mol. The third-order valence-electron chi connectivity index (χ3n) is 0.994. The van der Waals surface area contributed by atoms with Gasteiger partial charge < -0.3 is 10.4 Å². The van der Waals surface area contributed by atoms with Crippen LogP contribution in [0.15, 0.2) is 0 Å². The predicted octanol–water partition coefficient (Wildman–Crippen LogP) is 0.236. The summed E-state index contributed by atoms with van der Waals surface area (Å²) in [6.07, 6.45) is 1.86. The minimum Gasteiger partial charge on any atom is -0.389 e. The van der Waals surface area contributed by atoms with Crippen molar-refractivity contribution in [2.75, 3.05) is 18.6 Å². The summed E-state index contributed by atoms with van der Waals surface area (Å²) in [6, 6.07) is 0. The number of hydrogen-bond donors (Lipinski definition) is 2. The zero-order chi connectivity index (χ0) is 8.91. The Hall–Kier alpha value is -0.220. The fraction of sp³-hybridized carbons (Fsp3) is 0.857. The largest absolute Gasteiger partial charge is 0.389 e. The van der Waals surface area contributed by atoms with Gasteiger partial charge in [-0.1, -0.05) is 0 Å². The highest BCUT2D eigenvalue weighted by Crippen LogP contribution is 1.97. The lowest BCUT2D eigenvalue weighted by Crippen LogP contribution is -2.38. The van der Waals surface area contributed by atoms with Crippen molar-refractivity contribution >= 4 is 17.7 Å². The summed E-state index contributed by atoms with van der Waals surface area (Å²) < 4.78 is 0. The normalized spacial score (nSPS) is 11.3. The van der Waals surface area contributed by atoms with Crippen LogP contribution in [0.4, 0.5) is 0 Å². The summed E-state index contributed by atoms with van der Waals surface area (Å²) in [5.41, 5.74) is -0.811. The van der Waals surface area contributed by atoms with Gasteiger partial charge in [0.25, 0.3) is 0 Å². The molecule has 0 aliphatic heterocycles. The van der Waals surface area contributed by atoms with E-state index in [0.717, 1.165) is 0 Å². The molecular weight excluding hydrogens is 162 g/mol. The first-order chi connectivity index (χ1) is 4.95. The van der Waals surface area contributed by atoms with Gasteiger partial charge in [0, 0.05) is 6.54 Å². The average molecular weight is 177 g/mol. The molecule has 0 saturated carbocycles. The van der Waals surface area contributed by atoms with E-state index in [2.05, 4.69) is 5.32 Å². The maximum absolute atomic E-state index is 10.8. The number of carbonyl (C=O) groups is 1.